The van der Waals surface area contributed by atoms with Crippen molar-refractivity contribution < 1.29 is 14.3 Å². The zero-order valence-corrected chi connectivity index (χ0v) is 21.9. The molecule has 1 unspecified atom stereocenters. The van der Waals surface area contributed by atoms with Gasteiger partial charge in [-0.05, 0) is 60.7 Å². The number of carbonyl (C=O) groups excluding carboxylic acids is 1. The molecule has 2 aliphatic heterocycles. The topological polar surface area (TPSA) is 88.6 Å². The Morgan fingerprint density at radius 2 is 2.14 bits per heavy atom. The quantitative estimate of drug-likeness (QED) is 0.305. The molecule has 8 nitrogen and oxygen atoms in total. The van der Waals surface area contributed by atoms with Crippen LogP contribution in [0.4, 0.5) is 11.4 Å². The number of hydrogen-bond donors (Lipinski definition) is 2. The largest absolute Gasteiger partial charge is 0.497 e. The molecule has 1 amide bonds. The molecular formula is C28H33N5O3S. The molecule has 1 saturated heterocycles. The van der Waals surface area contributed by atoms with Crippen LogP contribution < -0.4 is 15.4 Å². The molecule has 3 aromatic rings. The highest BCUT2D eigenvalue weighted by molar-refractivity contribution is 7.99. The second kappa shape index (κ2) is 12.4. The minimum Gasteiger partial charge on any atom is -0.497 e. The number of hydrogen-bond acceptors (Lipinski definition) is 8. The van der Waals surface area contributed by atoms with Crippen LogP contribution in [0.25, 0.3) is 10.9 Å². The molecular weight excluding hydrogens is 486 g/mol. The van der Waals surface area contributed by atoms with Crippen molar-refractivity contribution in [1.82, 2.24) is 14.9 Å². The van der Waals surface area contributed by atoms with Gasteiger partial charge in [0.05, 0.1) is 31.5 Å². The van der Waals surface area contributed by atoms with Gasteiger partial charge in [0.1, 0.15) is 12.1 Å². The van der Waals surface area contributed by atoms with E-state index in [1.54, 1.807) is 19.5 Å². The van der Waals surface area contributed by atoms with Gasteiger partial charge in [0.2, 0.25) is 5.91 Å². The number of fused-ring (bicyclic) bond motifs is 2. The monoisotopic (exact) mass is 519 g/mol. The number of aromatic nitrogens is 2. The zero-order chi connectivity index (χ0) is 25.5. The second-order valence-electron chi connectivity index (χ2n) is 9.15. The molecule has 194 valence electrons. The third-order valence-corrected chi connectivity index (χ3v) is 7.75. The first-order valence-electron chi connectivity index (χ1n) is 12.7. The number of thioether (sulfide) groups is 1. The predicted octanol–water partition coefficient (Wildman–Crippen LogP) is 4.15. The lowest BCUT2D eigenvalue weighted by Crippen LogP contribution is -2.36. The molecule has 1 aromatic heterocycles. The van der Waals surface area contributed by atoms with Gasteiger partial charge in [-0.15, -0.1) is 0 Å². The Morgan fingerprint density at radius 1 is 1.24 bits per heavy atom. The molecule has 0 spiro atoms. The van der Waals surface area contributed by atoms with Crippen molar-refractivity contribution in [2.24, 2.45) is 0 Å². The van der Waals surface area contributed by atoms with Gasteiger partial charge in [-0.2, -0.15) is 11.8 Å². The molecule has 0 aliphatic carbocycles. The Balaban J connectivity index is 1.18. The van der Waals surface area contributed by atoms with E-state index in [1.807, 2.05) is 48.2 Å². The summed E-state index contributed by atoms with van der Waals surface area (Å²) < 4.78 is 10.8. The molecule has 1 atom stereocenters. The number of nitrogens with zero attached hydrogens (tertiary/aromatic N) is 3. The van der Waals surface area contributed by atoms with Crippen LogP contribution in [0.3, 0.4) is 0 Å². The molecule has 0 bridgehead atoms. The predicted molar refractivity (Wildman–Crippen MR) is 150 cm³/mol. The summed E-state index contributed by atoms with van der Waals surface area (Å²) in [5.41, 5.74) is 4.76. The molecule has 1 fully saturated rings. The molecule has 0 saturated carbocycles. The number of rotatable bonds is 10. The summed E-state index contributed by atoms with van der Waals surface area (Å²) in [7, 11) is 1.67. The average Bonchev–Trinajstić information content (AvgIpc) is 3.35. The van der Waals surface area contributed by atoms with Gasteiger partial charge in [-0.25, -0.2) is 9.97 Å². The lowest BCUT2D eigenvalue weighted by Gasteiger charge is -2.26. The van der Waals surface area contributed by atoms with Gasteiger partial charge in [-0.3, -0.25) is 9.69 Å². The maximum Gasteiger partial charge on any atom is 0.248 e. The molecule has 5 rings (SSSR count). The summed E-state index contributed by atoms with van der Waals surface area (Å²) in [6.07, 6.45) is 6.30. The van der Waals surface area contributed by atoms with E-state index in [-0.39, 0.29) is 11.8 Å². The van der Waals surface area contributed by atoms with E-state index in [0.29, 0.717) is 0 Å². The molecule has 2 N–H and O–H groups in total. The standard InChI is InChI=1S/C28H33N5O3S/c1-35-21-6-8-25-22(17-21)24(18-29-25)28-23-16-20(5-7-26(23)30-19-31-28)32-27(34)4-2-14-37-15-3-9-33-10-12-36-13-11-33/h2,4-8,16-17,19,24,29H,3,9-15,18H2,1H3,(H,32,34). The van der Waals surface area contributed by atoms with E-state index in [1.165, 1.54) is 0 Å². The fraction of sp³-hybridized carbons (Fsp3) is 0.393. The second-order valence-corrected chi connectivity index (χ2v) is 10.3. The fourth-order valence-corrected chi connectivity index (χ4v) is 5.55. The lowest BCUT2D eigenvalue weighted by molar-refractivity contribution is -0.111. The van der Waals surface area contributed by atoms with E-state index in [9.17, 15) is 4.79 Å². The molecule has 0 radical (unpaired) electrons. The van der Waals surface area contributed by atoms with Crippen molar-refractivity contribution in [3.05, 3.63) is 66.1 Å². The number of anilines is 2. The lowest BCUT2D eigenvalue weighted by atomic mass is 9.94. The van der Waals surface area contributed by atoms with Crippen molar-refractivity contribution >= 4 is 39.9 Å². The molecule has 3 heterocycles. The number of nitrogens with one attached hydrogen (secondary N) is 2. The maximum atomic E-state index is 12.5. The first-order valence-corrected chi connectivity index (χ1v) is 13.9. The van der Waals surface area contributed by atoms with Crippen LogP contribution in [0.15, 0.2) is 54.9 Å². The zero-order valence-electron chi connectivity index (χ0n) is 21.1. The van der Waals surface area contributed by atoms with Gasteiger partial charge < -0.3 is 20.1 Å². The fourth-order valence-electron chi connectivity index (χ4n) is 4.82. The first-order chi connectivity index (χ1) is 18.2. The van der Waals surface area contributed by atoms with Gasteiger partial charge in [0.25, 0.3) is 0 Å². The number of amides is 1. The highest BCUT2D eigenvalue weighted by Gasteiger charge is 2.27. The van der Waals surface area contributed by atoms with Crippen molar-refractivity contribution in [3.63, 3.8) is 0 Å². The van der Waals surface area contributed by atoms with Crippen molar-refractivity contribution in [1.29, 1.82) is 0 Å². The summed E-state index contributed by atoms with van der Waals surface area (Å²) in [6, 6.07) is 11.8. The van der Waals surface area contributed by atoms with Crippen LogP contribution in [0, 0.1) is 0 Å². The number of morpholine rings is 1. The number of methoxy groups -OCH3 is 1. The van der Waals surface area contributed by atoms with Gasteiger partial charge >= 0.3 is 0 Å². The van der Waals surface area contributed by atoms with Crippen LogP contribution in [-0.2, 0) is 9.53 Å². The van der Waals surface area contributed by atoms with Crippen LogP contribution in [0.2, 0.25) is 0 Å². The van der Waals surface area contributed by atoms with E-state index < -0.39 is 0 Å². The Morgan fingerprint density at radius 3 is 3.00 bits per heavy atom. The molecule has 37 heavy (non-hydrogen) atoms. The highest BCUT2D eigenvalue weighted by Crippen LogP contribution is 2.39. The molecule has 2 aliphatic rings. The maximum absolute atomic E-state index is 12.5. The third-order valence-electron chi connectivity index (χ3n) is 6.74. The normalized spacial score (nSPS) is 17.6. The van der Waals surface area contributed by atoms with Crippen LogP contribution in [-0.4, -0.2) is 78.8 Å². The third kappa shape index (κ3) is 6.41. The van der Waals surface area contributed by atoms with Crippen molar-refractivity contribution in [2.75, 3.05) is 68.6 Å². The smallest absolute Gasteiger partial charge is 0.248 e. The minimum absolute atomic E-state index is 0.0710. The Kier molecular flexibility index (Phi) is 8.55. The minimum atomic E-state index is -0.135. The molecule has 9 heteroatoms. The van der Waals surface area contributed by atoms with E-state index >= 15 is 0 Å². The van der Waals surface area contributed by atoms with E-state index in [4.69, 9.17) is 9.47 Å². The van der Waals surface area contributed by atoms with Crippen LogP contribution in [0.5, 0.6) is 5.75 Å². The Bertz CT molecular complexity index is 1260. The summed E-state index contributed by atoms with van der Waals surface area (Å²) in [5.74, 6) is 2.66. The van der Waals surface area contributed by atoms with Gasteiger partial charge in [0.15, 0.2) is 0 Å². The van der Waals surface area contributed by atoms with Crippen LogP contribution >= 0.6 is 11.8 Å². The summed E-state index contributed by atoms with van der Waals surface area (Å²) in [5, 5.41) is 7.39. The summed E-state index contributed by atoms with van der Waals surface area (Å²) in [6.45, 7) is 5.62. The SMILES string of the molecule is COc1ccc2c(c1)C(c1ncnc3ccc(NC(=O)C=CCSCCCN4CCOCC4)cc13)CN2. The van der Waals surface area contributed by atoms with E-state index in [2.05, 4.69) is 31.6 Å². The van der Waals surface area contributed by atoms with E-state index in [0.717, 1.165) is 96.6 Å². The Hall–Kier alpha value is -3.14. The first kappa shape index (κ1) is 25.5. The van der Waals surface area contributed by atoms with Crippen LogP contribution in [0.1, 0.15) is 23.6 Å². The molecule has 2 aromatic carbocycles. The Labute approximate surface area is 221 Å². The summed E-state index contributed by atoms with van der Waals surface area (Å²) >= 11 is 1.85. The number of carbonyl (C=O) groups is 1. The highest BCUT2D eigenvalue weighted by atomic mass is 32.2. The van der Waals surface area contributed by atoms with Crippen molar-refractivity contribution in [2.45, 2.75) is 12.3 Å². The number of ether oxygens (including phenoxy) is 2. The average molecular weight is 520 g/mol. The van der Waals surface area contributed by atoms with Gasteiger partial charge in [0, 0.05) is 54.1 Å². The summed E-state index contributed by atoms with van der Waals surface area (Å²) in [4.78, 5) is 24.1. The van der Waals surface area contributed by atoms with Crippen molar-refractivity contribution in [3.8, 4) is 5.75 Å². The van der Waals surface area contributed by atoms with Gasteiger partial charge in [-0.1, -0.05) is 6.08 Å². The number of benzene rings is 2.